The largest absolute Gasteiger partial charge is 0.378 e. The average molecular weight is 215 g/mol. The second kappa shape index (κ2) is 4.79. The normalized spacial score (nSPS) is 41.2. The molecule has 0 aromatic heterocycles. The van der Waals surface area contributed by atoms with Crippen LogP contribution in [0, 0.1) is 0 Å². The number of hydrogen-bond acceptors (Lipinski definition) is 2. The van der Waals surface area contributed by atoms with Gasteiger partial charge < -0.3 is 10.5 Å². The second-order valence-electron chi connectivity index (χ2n) is 5.18. The molecule has 0 amide bonds. The van der Waals surface area contributed by atoms with E-state index in [4.69, 9.17) is 10.5 Å². The first kappa shape index (κ1) is 11.3. The fourth-order valence-electron chi connectivity index (χ4n) is 2.86. The van der Waals surface area contributed by atoms with E-state index < -0.39 is 5.67 Å². The zero-order valence-electron chi connectivity index (χ0n) is 9.38. The van der Waals surface area contributed by atoms with Crippen molar-refractivity contribution in [2.45, 2.75) is 69.2 Å². The van der Waals surface area contributed by atoms with Gasteiger partial charge in [-0.3, -0.25) is 0 Å². The highest BCUT2D eigenvalue weighted by molar-refractivity contribution is 4.91. The lowest BCUT2D eigenvalue weighted by Gasteiger charge is -2.20. The summed E-state index contributed by atoms with van der Waals surface area (Å²) in [5.74, 6) is 0. The molecular weight excluding hydrogens is 193 g/mol. The van der Waals surface area contributed by atoms with E-state index in [0.29, 0.717) is 25.4 Å². The van der Waals surface area contributed by atoms with Crippen LogP contribution < -0.4 is 5.73 Å². The second-order valence-corrected chi connectivity index (χ2v) is 5.18. The third-order valence-electron chi connectivity index (χ3n) is 3.77. The van der Waals surface area contributed by atoms with Crippen LogP contribution in [0.15, 0.2) is 0 Å². The lowest BCUT2D eigenvalue weighted by Crippen LogP contribution is -2.23. The molecule has 2 N–H and O–H groups in total. The van der Waals surface area contributed by atoms with Gasteiger partial charge in [0, 0.05) is 12.6 Å². The van der Waals surface area contributed by atoms with Crippen LogP contribution in [0.25, 0.3) is 0 Å². The Hall–Kier alpha value is -0.150. The van der Waals surface area contributed by atoms with Crippen LogP contribution in [0.2, 0.25) is 0 Å². The summed E-state index contributed by atoms with van der Waals surface area (Å²) in [5, 5.41) is 0. The Bertz CT molecular complexity index is 206. The molecule has 3 atom stereocenters. The SMILES string of the molecule is NC1CCC(F)(CCCC2CCCO2)C1. The van der Waals surface area contributed by atoms with Crippen molar-refractivity contribution in [2.75, 3.05) is 6.61 Å². The van der Waals surface area contributed by atoms with Crippen molar-refractivity contribution < 1.29 is 9.13 Å². The summed E-state index contributed by atoms with van der Waals surface area (Å²) in [6.07, 6.45) is 7.50. The molecular formula is C12H22FNO. The monoisotopic (exact) mass is 215 g/mol. The molecule has 88 valence electrons. The summed E-state index contributed by atoms with van der Waals surface area (Å²) in [7, 11) is 0. The van der Waals surface area contributed by atoms with Gasteiger partial charge >= 0.3 is 0 Å². The van der Waals surface area contributed by atoms with E-state index in [9.17, 15) is 4.39 Å². The Morgan fingerprint density at radius 1 is 1.40 bits per heavy atom. The molecule has 0 radical (unpaired) electrons. The van der Waals surface area contributed by atoms with Crippen LogP contribution in [-0.2, 0) is 4.74 Å². The quantitative estimate of drug-likeness (QED) is 0.782. The molecule has 2 nitrogen and oxygen atoms in total. The molecule has 1 aliphatic carbocycles. The van der Waals surface area contributed by atoms with Gasteiger partial charge in [-0.25, -0.2) is 4.39 Å². The van der Waals surface area contributed by atoms with E-state index in [0.717, 1.165) is 25.9 Å². The molecule has 2 rings (SSSR count). The van der Waals surface area contributed by atoms with Crippen LogP contribution in [0.5, 0.6) is 0 Å². The van der Waals surface area contributed by atoms with Crippen molar-refractivity contribution >= 4 is 0 Å². The molecule has 1 saturated carbocycles. The first-order valence-electron chi connectivity index (χ1n) is 6.24. The molecule has 1 heterocycles. The van der Waals surface area contributed by atoms with Gasteiger partial charge in [0.25, 0.3) is 0 Å². The van der Waals surface area contributed by atoms with E-state index >= 15 is 0 Å². The summed E-state index contributed by atoms with van der Waals surface area (Å²) in [4.78, 5) is 0. The van der Waals surface area contributed by atoms with Gasteiger partial charge in [-0.2, -0.15) is 0 Å². The van der Waals surface area contributed by atoms with Crippen molar-refractivity contribution in [2.24, 2.45) is 5.73 Å². The minimum Gasteiger partial charge on any atom is -0.378 e. The smallest absolute Gasteiger partial charge is 0.112 e. The van der Waals surface area contributed by atoms with E-state index in [1.165, 1.54) is 12.8 Å². The molecule has 1 saturated heterocycles. The number of rotatable bonds is 4. The number of alkyl halides is 1. The molecule has 0 aromatic carbocycles. The average Bonchev–Trinajstić information content (AvgIpc) is 2.77. The molecule has 3 heteroatoms. The predicted octanol–water partition coefficient (Wildman–Crippen LogP) is 2.56. The maximum atomic E-state index is 14.1. The molecule has 1 aliphatic heterocycles. The van der Waals surface area contributed by atoms with Gasteiger partial charge in [0.1, 0.15) is 5.67 Å². The first-order chi connectivity index (χ1) is 7.18. The van der Waals surface area contributed by atoms with Crippen molar-refractivity contribution in [1.29, 1.82) is 0 Å². The maximum absolute atomic E-state index is 14.1. The minimum absolute atomic E-state index is 0.0951. The number of nitrogens with two attached hydrogens (primary N) is 1. The van der Waals surface area contributed by atoms with Gasteiger partial charge in [-0.15, -0.1) is 0 Å². The van der Waals surface area contributed by atoms with Gasteiger partial charge in [-0.1, -0.05) is 0 Å². The topological polar surface area (TPSA) is 35.2 Å². The van der Waals surface area contributed by atoms with Crippen LogP contribution in [0.4, 0.5) is 4.39 Å². The fraction of sp³-hybridized carbons (Fsp3) is 1.00. The molecule has 0 spiro atoms. The van der Waals surface area contributed by atoms with Crippen molar-refractivity contribution in [3.8, 4) is 0 Å². The summed E-state index contributed by atoms with van der Waals surface area (Å²) >= 11 is 0. The molecule has 0 aromatic rings. The van der Waals surface area contributed by atoms with E-state index in [-0.39, 0.29) is 6.04 Å². The third kappa shape index (κ3) is 3.15. The zero-order valence-corrected chi connectivity index (χ0v) is 9.38. The molecule has 0 bridgehead atoms. The zero-order chi connectivity index (χ0) is 10.7. The van der Waals surface area contributed by atoms with E-state index in [1.54, 1.807) is 0 Å². The van der Waals surface area contributed by atoms with Crippen LogP contribution in [0.3, 0.4) is 0 Å². The lowest BCUT2D eigenvalue weighted by atomic mass is 9.95. The highest BCUT2D eigenvalue weighted by atomic mass is 19.1. The van der Waals surface area contributed by atoms with Crippen molar-refractivity contribution in [3.05, 3.63) is 0 Å². The van der Waals surface area contributed by atoms with Crippen LogP contribution in [-0.4, -0.2) is 24.4 Å². The van der Waals surface area contributed by atoms with Crippen molar-refractivity contribution in [1.82, 2.24) is 0 Å². The van der Waals surface area contributed by atoms with Gasteiger partial charge in [0.05, 0.1) is 6.10 Å². The van der Waals surface area contributed by atoms with E-state index in [1.807, 2.05) is 0 Å². The minimum atomic E-state index is -0.960. The number of ether oxygens (including phenoxy) is 1. The lowest BCUT2D eigenvalue weighted by molar-refractivity contribution is 0.0912. The van der Waals surface area contributed by atoms with E-state index in [2.05, 4.69) is 0 Å². The summed E-state index contributed by atoms with van der Waals surface area (Å²) in [5.41, 5.74) is 4.78. The third-order valence-corrected chi connectivity index (χ3v) is 3.77. The first-order valence-corrected chi connectivity index (χ1v) is 6.24. The fourth-order valence-corrected chi connectivity index (χ4v) is 2.86. The Balaban J connectivity index is 1.64. The van der Waals surface area contributed by atoms with Gasteiger partial charge in [0.2, 0.25) is 0 Å². The van der Waals surface area contributed by atoms with Crippen LogP contribution >= 0.6 is 0 Å². The Kier molecular flexibility index (Phi) is 3.62. The predicted molar refractivity (Wildman–Crippen MR) is 58.5 cm³/mol. The number of halogens is 1. The Labute approximate surface area is 91.4 Å². The van der Waals surface area contributed by atoms with Gasteiger partial charge in [0.15, 0.2) is 0 Å². The molecule has 15 heavy (non-hydrogen) atoms. The molecule has 3 unspecified atom stereocenters. The van der Waals surface area contributed by atoms with Crippen LogP contribution in [0.1, 0.15) is 51.4 Å². The number of hydrogen-bond donors (Lipinski definition) is 1. The highest BCUT2D eigenvalue weighted by Gasteiger charge is 2.37. The Morgan fingerprint density at radius 3 is 2.87 bits per heavy atom. The highest BCUT2D eigenvalue weighted by Crippen LogP contribution is 2.37. The van der Waals surface area contributed by atoms with Gasteiger partial charge in [-0.05, 0) is 51.4 Å². The molecule has 2 aliphatic rings. The Morgan fingerprint density at radius 2 is 2.27 bits per heavy atom. The summed E-state index contributed by atoms with van der Waals surface area (Å²) in [6, 6.07) is 0.0951. The summed E-state index contributed by atoms with van der Waals surface area (Å²) < 4.78 is 19.6. The summed E-state index contributed by atoms with van der Waals surface area (Å²) in [6.45, 7) is 0.899. The molecule has 2 fully saturated rings. The maximum Gasteiger partial charge on any atom is 0.112 e. The van der Waals surface area contributed by atoms with Crippen molar-refractivity contribution in [3.63, 3.8) is 0 Å². The standard InChI is InChI=1S/C12H22FNO/c13-12(7-5-10(14)9-12)6-1-3-11-4-2-8-15-11/h10-11H,1-9,14H2.